The van der Waals surface area contributed by atoms with E-state index < -0.39 is 6.51 Å². The van der Waals surface area contributed by atoms with Crippen molar-refractivity contribution in [3.63, 3.8) is 0 Å². The van der Waals surface area contributed by atoms with E-state index in [-0.39, 0.29) is 10.3 Å². The first kappa shape index (κ1) is 13.0. The number of hydrogen-bond acceptors (Lipinski definition) is 3. The Bertz CT molecular complexity index is 1410. The molecular formula is C23H24FeO3. The molecule has 10 aliphatic rings. The topological polar surface area (TPSA) is 43.4 Å². The minimum Gasteiger partial charge on any atom is -0.0623 e. The zero-order valence-electron chi connectivity index (χ0n) is 15.5. The van der Waals surface area contributed by atoms with E-state index in [1.54, 1.807) is 0 Å². The fourth-order valence-corrected chi connectivity index (χ4v) is 95.0. The second-order valence-corrected chi connectivity index (χ2v) is 35.9. The van der Waals surface area contributed by atoms with Gasteiger partial charge in [-0.3, -0.25) is 0 Å². The van der Waals surface area contributed by atoms with Crippen LogP contribution in [0.25, 0.3) is 0 Å². The van der Waals surface area contributed by atoms with Crippen molar-refractivity contribution in [2.24, 2.45) is 0 Å². The first-order valence-corrected chi connectivity index (χ1v) is 16.6. The summed E-state index contributed by atoms with van der Waals surface area (Å²) in [6.45, 7) is 0.951. The predicted molar refractivity (Wildman–Crippen MR) is 98.3 cm³/mol. The Morgan fingerprint density at radius 2 is 1.44 bits per heavy atom. The van der Waals surface area contributed by atoms with Crippen LogP contribution < -0.4 is 0 Å². The first-order valence-electron chi connectivity index (χ1n) is 10.4. The third kappa shape index (κ3) is 0.207. The Kier molecular flexibility index (Phi) is 0.721. The van der Waals surface area contributed by atoms with Crippen molar-refractivity contribution < 1.29 is 20.8 Å². The molecule has 10 heterocycles. The van der Waals surface area contributed by atoms with Crippen molar-refractivity contribution in [1.82, 2.24) is 0 Å². The van der Waals surface area contributed by atoms with Crippen molar-refractivity contribution in [2.75, 3.05) is 6.61 Å². The van der Waals surface area contributed by atoms with Gasteiger partial charge in [-0.2, -0.15) is 0 Å². The van der Waals surface area contributed by atoms with Crippen LogP contribution in [0, 0.1) is 0 Å². The van der Waals surface area contributed by atoms with E-state index in [0.29, 0.717) is 10.9 Å². The number of aldehydes is 1. The molecule has 0 aromatic heterocycles. The summed E-state index contributed by atoms with van der Waals surface area (Å²) in [6.07, 6.45) is 3.33. The third-order valence-corrected chi connectivity index (χ3v) is 60.0. The van der Waals surface area contributed by atoms with E-state index in [9.17, 15) is 9.59 Å². The van der Waals surface area contributed by atoms with Crippen LogP contribution >= 0.6 is 0 Å². The normalized spacial score (nSPS) is 81.6. The molecule has 0 amide bonds. The third-order valence-electron chi connectivity index (χ3n) is 17.0. The standard InChI is InChI=1S/C11H13O2.C6H5O.C6H6.Fe/c1-3-13-11(12)8-9(2)10-6-4-5-7-10;7-5-6-3-1-2-4-6;1-2-4-6-5-3-1;/h4-8H,3H2,1-2H3;1-5H;1-6H;. The van der Waals surface area contributed by atoms with E-state index in [2.05, 4.69) is 6.92 Å². The van der Waals surface area contributed by atoms with Gasteiger partial charge in [-0.15, -0.1) is 0 Å². The number of carbonyl (C=O) groups excluding carboxylic acids is 2. The molecule has 0 aliphatic carbocycles. The molecule has 142 valence electrons. The summed E-state index contributed by atoms with van der Waals surface area (Å²) in [5, 5.41) is 0. The van der Waals surface area contributed by atoms with Gasteiger partial charge in [0.15, 0.2) is 0 Å². The average molecular weight is 404 g/mol. The van der Waals surface area contributed by atoms with E-state index >= 15 is 0 Å². The molecule has 10 saturated heterocycles. The zero-order valence-corrected chi connectivity index (χ0v) is 16.6. The number of rotatable bonds is 4. The van der Waals surface area contributed by atoms with Crippen LogP contribution in [-0.2, 0) is 20.8 Å². The molecule has 0 saturated carbocycles. The van der Waals surface area contributed by atoms with Gasteiger partial charge in [0.05, 0.1) is 0 Å². The van der Waals surface area contributed by atoms with Gasteiger partial charge in [0.25, 0.3) is 0 Å². The second-order valence-electron chi connectivity index (χ2n) is 12.7. The molecule has 0 N–H and O–H groups in total. The van der Waals surface area contributed by atoms with Crippen LogP contribution in [0.4, 0.5) is 0 Å². The molecule has 1 aromatic carbocycles. The van der Waals surface area contributed by atoms with Crippen molar-refractivity contribution in [3.05, 3.63) is 48.0 Å². The van der Waals surface area contributed by atoms with E-state index in [1.807, 2.05) is 49.4 Å². The van der Waals surface area contributed by atoms with E-state index in [4.69, 9.17) is 4.74 Å². The first-order chi connectivity index (χ1) is 12.9. The minimum atomic E-state index is -3.59. The van der Waals surface area contributed by atoms with Crippen LogP contribution in [0.2, 0.25) is 47.2 Å². The molecular weight excluding hydrogens is 380 g/mol. The monoisotopic (exact) mass is 404 g/mol. The quantitative estimate of drug-likeness (QED) is 0.288. The van der Waals surface area contributed by atoms with Crippen LogP contribution in [0.5, 0.6) is 0 Å². The molecule has 11 rings (SSSR count). The number of hydrogen-bond donors (Lipinski definition) is 0. The van der Waals surface area contributed by atoms with Gasteiger partial charge >= 0.3 is 112 Å². The maximum atomic E-state index is 12.2. The summed E-state index contributed by atoms with van der Waals surface area (Å²) in [5.41, 5.74) is 1.37. The average Bonchev–Trinajstić information content (AvgIpc) is 3.63. The molecule has 1 spiro atoms. The maximum Gasteiger partial charge on any atom is -0.0623 e. The van der Waals surface area contributed by atoms with Crippen molar-refractivity contribution in [2.45, 2.75) is 61.0 Å². The number of allylic oxidation sites excluding steroid dienone is 1. The molecule has 27 heavy (non-hydrogen) atoms. The van der Waals surface area contributed by atoms with Crippen molar-refractivity contribution in [1.29, 1.82) is 0 Å². The molecule has 10 aliphatic heterocycles. The van der Waals surface area contributed by atoms with Crippen molar-refractivity contribution in [3.8, 4) is 0 Å². The minimum absolute atomic E-state index is 0.147. The molecule has 8 unspecified atom stereocenters. The Hall–Kier alpha value is -1.38. The van der Waals surface area contributed by atoms with Crippen LogP contribution in [0.15, 0.2) is 48.0 Å². The van der Waals surface area contributed by atoms with Gasteiger partial charge in [-0.1, -0.05) is 36.4 Å². The fourth-order valence-electron chi connectivity index (χ4n) is 19.0. The summed E-state index contributed by atoms with van der Waals surface area (Å²) < 4.78 is 5.93. The smallest absolute Gasteiger partial charge is 0.0623 e. The number of carbonyl (C=O) groups is 2. The summed E-state index contributed by atoms with van der Waals surface area (Å²) in [6, 6.07) is 12.0. The second kappa shape index (κ2) is 1.50. The molecule has 1 aromatic rings. The molecule has 0 bridgehead atoms. The zero-order chi connectivity index (χ0) is 18.2. The predicted octanol–water partition coefficient (Wildman–Crippen LogP) is 5.51. The summed E-state index contributed by atoms with van der Waals surface area (Å²) >= 11 is 0. The SMILES string of the molecule is CCOC(=O)C=C(C)[C]12[CH]3[CH]4[CH]5[CH]1[Fe]45321678[CH]2[CH]1[CH]6[C]7(C=O)[CH]28.c1ccccc1. The molecule has 3 nitrogen and oxygen atoms in total. The summed E-state index contributed by atoms with van der Waals surface area (Å²) in [5.74, 6) is -0.147. The number of benzene rings is 1. The van der Waals surface area contributed by atoms with Gasteiger partial charge < -0.3 is 0 Å². The largest absolute Gasteiger partial charge is 0.0623 e. The Labute approximate surface area is 148 Å². The number of ether oxygens (including phenoxy) is 1. The number of fused-ring (bicyclic) bond motifs is 10. The summed E-state index contributed by atoms with van der Waals surface area (Å²) in [7, 11) is 0. The van der Waals surface area contributed by atoms with Gasteiger partial charge in [0.1, 0.15) is 0 Å². The maximum absolute atomic E-state index is 12.2. The van der Waals surface area contributed by atoms with Crippen LogP contribution in [-0.4, -0.2) is 18.9 Å². The molecule has 10 fully saturated rings. The van der Waals surface area contributed by atoms with Crippen LogP contribution in [0.1, 0.15) is 13.8 Å². The fraction of sp³-hybridized carbons (Fsp3) is 0.565. The van der Waals surface area contributed by atoms with Gasteiger partial charge in [-0.25, -0.2) is 0 Å². The number of esters is 1. The van der Waals surface area contributed by atoms with E-state index in [1.165, 1.54) is 11.9 Å². The Morgan fingerprint density at radius 3 is 1.78 bits per heavy atom. The van der Waals surface area contributed by atoms with Gasteiger partial charge in [0.2, 0.25) is 0 Å². The molecule has 8 atom stereocenters. The summed E-state index contributed by atoms with van der Waals surface area (Å²) in [4.78, 5) is 32.4. The van der Waals surface area contributed by atoms with Crippen LogP contribution in [0.3, 0.4) is 0 Å². The molecule has 0 radical (unpaired) electrons. The Balaban J connectivity index is 0.000000173. The van der Waals surface area contributed by atoms with Gasteiger partial charge in [-0.05, 0) is 0 Å². The Morgan fingerprint density at radius 1 is 0.963 bits per heavy atom. The molecule has 4 heteroatoms. The van der Waals surface area contributed by atoms with Crippen molar-refractivity contribution >= 4 is 12.3 Å². The van der Waals surface area contributed by atoms with E-state index in [0.717, 1.165) is 38.5 Å². The van der Waals surface area contributed by atoms with Gasteiger partial charge in [0, 0.05) is 0 Å².